The van der Waals surface area contributed by atoms with Gasteiger partial charge in [-0.3, -0.25) is 4.72 Å². The number of anilines is 2. The van der Waals surface area contributed by atoms with E-state index in [1.807, 2.05) is 0 Å². The number of thiophene rings is 1. The minimum absolute atomic E-state index is 0.198. The van der Waals surface area contributed by atoms with E-state index in [1.54, 1.807) is 23.6 Å². The molecule has 0 aromatic carbocycles. The molecule has 196 valence electrons. The Bertz CT molecular complexity index is 1320. The van der Waals surface area contributed by atoms with Crippen molar-refractivity contribution in [2.45, 2.75) is 33.2 Å². The third-order valence-electron chi connectivity index (χ3n) is 6.05. The summed E-state index contributed by atoms with van der Waals surface area (Å²) in [7, 11) is 0.0680. The summed E-state index contributed by atoms with van der Waals surface area (Å²) >= 11 is 1.66. The van der Waals surface area contributed by atoms with Gasteiger partial charge >= 0.3 is 0 Å². The highest BCUT2D eigenvalue weighted by molar-refractivity contribution is 7.92. The number of hydrogen-bond acceptors (Lipinski definition) is 10. The molecule has 0 atom stereocenters. The van der Waals surface area contributed by atoms with E-state index in [0.29, 0.717) is 37.8 Å². The number of morpholine rings is 1. The Morgan fingerprint density at radius 1 is 1.28 bits per heavy atom. The zero-order chi connectivity index (χ0) is 25.9. The van der Waals surface area contributed by atoms with Crippen LogP contribution in [0.25, 0.3) is 21.5 Å². The predicted molar refractivity (Wildman–Crippen MR) is 145 cm³/mol. The second kappa shape index (κ2) is 11.2. The number of nitrogens with zero attached hydrogens (tertiary/aromatic N) is 5. The first-order chi connectivity index (χ1) is 17.2. The number of rotatable bonds is 10. The van der Waals surface area contributed by atoms with E-state index in [-0.39, 0.29) is 11.6 Å². The first-order valence-electron chi connectivity index (χ1n) is 12.0. The molecule has 0 aliphatic carbocycles. The number of fused-ring (bicyclic) bond motifs is 1. The number of methoxy groups -OCH3 is 1. The smallest absolute Gasteiger partial charge is 0.238 e. The molecule has 4 rings (SSSR count). The summed E-state index contributed by atoms with van der Waals surface area (Å²) in [5.41, 5.74) is 3.81. The highest BCUT2D eigenvalue weighted by atomic mass is 32.2. The van der Waals surface area contributed by atoms with Crippen LogP contribution in [0.2, 0.25) is 0 Å². The van der Waals surface area contributed by atoms with Gasteiger partial charge in [-0.2, -0.15) is 0 Å². The predicted octanol–water partition coefficient (Wildman–Crippen LogP) is 3.51. The molecule has 3 aromatic heterocycles. The molecule has 0 saturated carbocycles. The van der Waals surface area contributed by atoms with Gasteiger partial charge in [-0.15, -0.1) is 11.3 Å². The Labute approximate surface area is 216 Å². The molecule has 1 saturated heterocycles. The Hall–Kier alpha value is -2.54. The lowest BCUT2D eigenvalue weighted by Crippen LogP contribution is -2.37. The Morgan fingerprint density at radius 3 is 2.69 bits per heavy atom. The lowest BCUT2D eigenvalue weighted by Gasteiger charge is -2.27. The highest BCUT2D eigenvalue weighted by Gasteiger charge is 2.23. The molecule has 36 heavy (non-hydrogen) atoms. The van der Waals surface area contributed by atoms with Gasteiger partial charge in [0.15, 0.2) is 0 Å². The number of hydrogen-bond donors (Lipinski definition) is 1. The van der Waals surface area contributed by atoms with Crippen molar-refractivity contribution in [1.29, 1.82) is 0 Å². The molecule has 1 aliphatic heterocycles. The van der Waals surface area contributed by atoms with E-state index in [4.69, 9.17) is 19.4 Å². The summed E-state index contributed by atoms with van der Waals surface area (Å²) < 4.78 is 38.2. The number of nitrogens with one attached hydrogen (secondary N) is 1. The van der Waals surface area contributed by atoms with Gasteiger partial charge in [0.25, 0.3) is 0 Å². The van der Waals surface area contributed by atoms with Gasteiger partial charge in [0.2, 0.25) is 21.9 Å². The molecule has 1 N–H and O–H groups in total. The van der Waals surface area contributed by atoms with Gasteiger partial charge in [-0.05, 0) is 33.0 Å². The number of aryl methyl sites for hydroxylation is 1. The zero-order valence-corrected chi connectivity index (χ0v) is 23.1. The molecular weight excluding hydrogens is 500 g/mol. The average molecular weight is 535 g/mol. The summed E-state index contributed by atoms with van der Waals surface area (Å²) in [5, 5.41) is 0. The largest absolute Gasteiger partial charge is 0.480 e. The van der Waals surface area contributed by atoms with Gasteiger partial charge in [0, 0.05) is 41.8 Å². The van der Waals surface area contributed by atoms with Crippen LogP contribution in [-0.2, 0) is 21.3 Å². The fourth-order valence-corrected chi connectivity index (χ4v) is 5.86. The second-order valence-corrected chi connectivity index (χ2v) is 12.0. The minimum Gasteiger partial charge on any atom is -0.480 e. The molecule has 0 amide bonds. The van der Waals surface area contributed by atoms with E-state index in [9.17, 15) is 8.42 Å². The Balaban J connectivity index is 1.87. The van der Waals surface area contributed by atoms with Crippen molar-refractivity contribution in [1.82, 2.24) is 19.9 Å². The van der Waals surface area contributed by atoms with Crippen LogP contribution in [0, 0.1) is 6.92 Å². The zero-order valence-electron chi connectivity index (χ0n) is 21.5. The Morgan fingerprint density at radius 2 is 2.03 bits per heavy atom. The maximum absolute atomic E-state index is 12.0. The summed E-state index contributed by atoms with van der Waals surface area (Å²) in [6.45, 7) is 8.80. The fourth-order valence-electron chi connectivity index (χ4n) is 4.20. The van der Waals surface area contributed by atoms with E-state index in [1.165, 1.54) is 17.6 Å². The summed E-state index contributed by atoms with van der Waals surface area (Å²) in [5.74, 6) is 0.841. The van der Waals surface area contributed by atoms with Crippen molar-refractivity contribution in [2.75, 3.05) is 62.9 Å². The molecule has 1 aliphatic rings. The highest BCUT2D eigenvalue weighted by Crippen LogP contribution is 2.39. The molecule has 0 unspecified atom stereocenters. The number of sulfonamides is 1. The van der Waals surface area contributed by atoms with Crippen molar-refractivity contribution in [3.63, 3.8) is 0 Å². The Kier molecular flexibility index (Phi) is 8.28. The first-order valence-corrected chi connectivity index (χ1v) is 14.7. The maximum Gasteiger partial charge on any atom is 0.238 e. The third-order valence-corrected chi connectivity index (χ3v) is 7.78. The van der Waals surface area contributed by atoms with Crippen LogP contribution in [0.5, 0.6) is 5.88 Å². The van der Waals surface area contributed by atoms with Crippen LogP contribution in [-0.4, -0.2) is 81.5 Å². The quantitative estimate of drug-likeness (QED) is 0.418. The molecule has 12 heteroatoms. The lowest BCUT2D eigenvalue weighted by molar-refractivity contribution is 0.122. The topological polar surface area (TPSA) is 110 Å². The minimum atomic E-state index is -3.53. The van der Waals surface area contributed by atoms with E-state index in [0.717, 1.165) is 48.1 Å². The monoisotopic (exact) mass is 534 g/mol. The molecule has 1 fully saturated rings. The summed E-state index contributed by atoms with van der Waals surface area (Å²) in [4.78, 5) is 20.0. The van der Waals surface area contributed by atoms with Crippen LogP contribution in [0.3, 0.4) is 0 Å². The molecule has 0 spiro atoms. The van der Waals surface area contributed by atoms with Crippen molar-refractivity contribution in [3.8, 4) is 17.1 Å². The molecular formula is C24H34N6O4S2. The molecule has 0 radical (unpaired) electrons. The van der Waals surface area contributed by atoms with Crippen LogP contribution < -0.4 is 14.4 Å². The standard InChI is InChI=1S/C24H34N6O4S2/c1-6-7-8-29(3)15-18-16(2)35-22-20(26-24(27-21(18)22)30-9-11-34-12-10-30)17-13-19(28-36(5,31)32)23(33-4)25-14-17/h13-14,28H,6-12,15H2,1-5H3. The van der Waals surface area contributed by atoms with Crippen molar-refractivity contribution in [2.24, 2.45) is 0 Å². The number of pyridine rings is 1. The SMILES string of the molecule is CCCCN(C)Cc1c(C)sc2c(-c3cnc(OC)c(NS(C)(=O)=O)c3)nc(N3CCOCC3)nc12. The van der Waals surface area contributed by atoms with Gasteiger partial charge in [0.1, 0.15) is 5.69 Å². The van der Waals surface area contributed by atoms with E-state index >= 15 is 0 Å². The van der Waals surface area contributed by atoms with Crippen molar-refractivity contribution < 1.29 is 17.9 Å². The van der Waals surface area contributed by atoms with Crippen LogP contribution in [0.1, 0.15) is 30.2 Å². The second-order valence-electron chi connectivity index (χ2n) is 9.03. The number of ether oxygens (including phenoxy) is 2. The first kappa shape index (κ1) is 26.5. The molecule has 10 nitrogen and oxygen atoms in total. The molecule has 3 aromatic rings. The third kappa shape index (κ3) is 6.05. The van der Waals surface area contributed by atoms with Crippen LogP contribution in [0.15, 0.2) is 12.3 Å². The summed E-state index contributed by atoms with van der Waals surface area (Å²) in [6, 6.07) is 1.72. The summed E-state index contributed by atoms with van der Waals surface area (Å²) in [6.07, 6.45) is 5.06. The van der Waals surface area contributed by atoms with Gasteiger partial charge in [-0.1, -0.05) is 13.3 Å². The lowest BCUT2D eigenvalue weighted by atomic mass is 10.1. The number of aromatic nitrogens is 3. The van der Waals surface area contributed by atoms with Crippen molar-refractivity contribution >= 4 is 43.2 Å². The van der Waals surface area contributed by atoms with E-state index < -0.39 is 10.0 Å². The maximum atomic E-state index is 12.0. The molecule has 0 bridgehead atoms. The van der Waals surface area contributed by atoms with Crippen LogP contribution in [0.4, 0.5) is 11.6 Å². The number of unbranched alkanes of at least 4 members (excludes halogenated alkanes) is 1. The van der Waals surface area contributed by atoms with Gasteiger partial charge in [0.05, 0.1) is 42.5 Å². The van der Waals surface area contributed by atoms with Gasteiger partial charge < -0.3 is 19.3 Å². The molecule has 4 heterocycles. The average Bonchev–Trinajstić information content (AvgIpc) is 3.16. The van der Waals surface area contributed by atoms with Crippen LogP contribution >= 0.6 is 11.3 Å². The normalized spacial score (nSPS) is 14.6. The fraction of sp³-hybridized carbons (Fsp3) is 0.542. The van der Waals surface area contributed by atoms with E-state index in [2.05, 4.69) is 40.4 Å². The van der Waals surface area contributed by atoms with Gasteiger partial charge in [-0.25, -0.2) is 23.4 Å². The van der Waals surface area contributed by atoms with Crippen molar-refractivity contribution in [3.05, 3.63) is 22.7 Å².